The van der Waals surface area contributed by atoms with Gasteiger partial charge < -0.3 is 24.3 Å². The lowest BCUT2D eigenvalue weighted by molar-refractivity contribution is -0.125. The molecule has 4 saturated heterocycles. The lowest BCUT2D eigenvalue weighted by atomic mass is 9.57. The van der Waals surface area contributed by atoms with E-state index in [1.54, 1.807) is 36.2 Å². The zero-order valence-electron chi connectivity index (χ0n) is 34.9. The van der Waals surface area contributed by atoms with Crippen LogP contribution in [0, 0.1) is 22.7 Å². The van der Waals surface area contributed by atoms with Crippen molar-refractivity contribution < 1.29 is 28.7 Å². The van der Waals surface area contributed by atoms with Crippen LogP contribution in [0.3, 0.4) is 0 Å². The first-order chi connectivity index (χ1) is 29.5. The maximum atomic E-state index is 13.8. The van der Waals surface area contributed by atoms with Crippen molar-refractivity contribution >= 4 is 53.4 Å². The number of carbonyl (C=O) groups is 5. The molecule has 14 heteroatoms. The minimum absolute atomic E-state index is 0.00362. The number of ether oxygens (including phenoxy) is 1. The van der Waals surface area contributed by atoms with E-state index in [4.69, 9.17) is 16.3 Å². The Balaban J connectivity index is 0.766. The number of nitriles is 1. The van der Waals surface area contributed by atoms with Crippen LogP contribution in [-0.2, 0) is 9.59 Å². The molecular weight excluding hydrogens is 794 g/mol. The van der Waals surface area contributed by atoms with Crippen molar-refractivity contribution in [3.8, 4) is 11.8 Å². The smallest absolute Gasteiger partial charge is 0.254 e. The highest BCUT2D eigenvalue weighted by Crippen LogP contribution is 2.53. The Hall–Kier alpha value is -5.45. The molecular formula is C47H54ClN7O6. The fraction of sp³-hybridized carbons (Fsp3) is 0.489. The highest BCUT2D eigenvalue weighted by molar-refractivity contribution is 6.31. The van der Waals surface area contributed by atoms with Crippen LogP contribution < -0.4 is 19.9 Å². The molecule has 2 bridgehead atoms. The number of fused-ring (bicyclic) bond motifs is 2. The Labute approximate surface area is 362 Å². The SMILES string of the molecule is CC(CCC(=O)NC=O)N(C)C(=O)c1cc(N2CC3(CC(CN4CCN(c5ccc(C(=O)N6C7CCC6CC(Oc6ccc(C#N)c(Cl)c6)C7)cc5)CC4)C3)C2)ccc1C=O. The summed E-state index contributed by atoms with van der Waals surface area (Å²) in [4.78, 5) is 72.4. The highest BCUT2D eigenvalue weighted by atomic mass is 35.5. The molecule has 0 aromatic heterocycles. The van der Waals surface area contributed by atoms with Crippen LogP contribution in [0.5, 0.6) is 5.75 Å². The highest BCUT2D eigenvalue weighted by Gasteiger charge is 2.52. The van der Waals surface area contributed by atoms with E-state index in [9.17, 15) is 29.2 Å². The van der Waals surface area contributed by atoms with Crippen LogP contribution in [0.25, 0.3) is 0 Å². The number of piperazine rings is 1. The van der Waals surface area contributed by atoms with E-state index < -0.39 is 5.91 Å². The largest absolute Gasteiger partial charge is 0.490 e. The van der Waals surface area contributed by atoms with E-state index in [-0.39, 0.29) is 42.5 Å². The second-order valence-electron chi connectivity index (χ2n) is 17.9. The van der Waals surface area contributed by atoms with E-state index in [1.165, 1.54) is 12.8 Å². The quantitative estimate of drug-likeness (QED) is 0.198. The number of amides is 4. The van der Waals surface area contributed by atoms with Gasteiger partial charge in [0.25, 0.3) is 11.8 Å². The molecule has 5 fully saturated rings. The predicted molar refractivity (Wildman–Crippen MR) is 232 cm³/mol. The first kappa shape index (κ1) is 42.2. The van der Waals surface area contributed by atoms with E-state index in [1.807, 2.05) is 31.2 Å². The summed E-state index contributed by atoms with van der Waals surface area (Å²) in [6.45, 7) is 8.72. The molecule has 61 heavy (non-hydrogen) atoms. The van der Waals surface area contributed by atoms with Gasteiger partial charge in [-0.2, -0.15) is 5.26 Å². The van der Waals surface area contributed by atoms with Gasteiger partial charge in [0.2, 0.25) is 12.3 Å². The number of hydrogen-bond acceptors (Lipinski definition) is 10. The van der Waals surface area contributed by atoms with Crippen molar-refractivity contribution in [3.63, 3.8) is 0 Å². The number of nitrogens with zero attached hydrogens (tertiary/aromatic N) is 6. The van der Waals surface area contributed by atoms with E-state index in [0.29, 0.717) is 57.9 Å². The number of benzene rings is 3. The van der Waals surface area contributed by atoms with Gasteiger partial charge in [-0.1, -0.05) is 11.6 Å². The number of rotatable bonds is 14. The molecule has 13 nitrogen and oxygen atoms in total. The second kappa shape index (κ2) is 17.9. The third-order valence-corrected chi connectivity index (χ3v) is 14.2. The minimum atomic E-state index is -0.392. The summed E-state index contributed by atoms with van der Waals surface area (Å²) >= 11 is 6.23. The van der Waals surface area contributed by atoms with Crippen molar-refractivity contribution in [2.75, 3.05) is 62.7 Å². The van der Waals surface area contributed by atoms with Gasteiger partial charge in [0, 0.05) is 124 Å². The van der Waals surface area contributed by atoms with Crippen molar-refractivity contribution in [2.24, 2.45) is 11.3 Å². The van der Waals surface area contributed by atoms with Crippen molar-refractivity contribution in [3.05, 3.63) is 87.9 Å². The van der Waals surface area contributed by atoms with E-state index >= 15 is 0 Å². The lowest BCUT2D eigenvalue weighted by Gasteiger charge is -2.60. The molecule has 3 aromatic carbocycles. The summed E-state index contributed by atoms with van der Waals surface area (Å²) in [7, 11) is 1.67. The summed E-state index contributed by atoms with van der Waals surface area (Å²) in [5.41, 5.74) is 4.24. The van der Waals surface area contributed by atoms with Gasteiger partial charge in [0.15, 0.2) is 6.29 Å². The Morgan fingerprint density at radius 1 is 0.951 bits per heavy atom. The van der Waals surface area contributed by atoms with Crippen LogP contribution in [0.15, 0.2) is 60.7 Å². The van der Waals surface area contributed by atoms with Gasteiger partial charge >= 0.3 is 0 Å². The van der Waals surface area contributed by atoms with Gasteiger partial charge in [0.05, 0.1) is 16.1 Å². The van der Waals surface area contributed by atoms with Gasteiger partial charge in [-0.15, -0.1) is 0 Å². The molecule has 4 heterocycles. The van der Waals surface area contributed by atoms with E-state index in [0.717, 1.165) is 88.4 Å². The number of hydrogen-bond donors (Lipinski definition) is 1. The summed E-state index contributed by atoms with van der Waals surface area (Å²) in [6, 6.07) is 20.9. The Bertz CT molecular complexity index is 2180. The molecule has 3 atom stereocenters. The normalized spacial score (nSPS) is 22.4. The molecule has 1 saturated carbocycles. The fourth-order valence-electron chi connectivity index (χ4n) is 10.5. The molecule has 3 unspecified atom stereocenters. The first-order valence-corrected chi connectivity index (χ1v) is 21.9. The van der Waals surface area contributed by atoms with Crippen LogP contribution in [0.2, 0.25) is 5.02 Å². The fourth-order valence-corrected chi connectivity index (χ4v) is 10.7. The van der Waals surface area contributed by atoms with Crippen molar-refractivity contribution in [1.82, 2.24) is 20.0 Å². The van der Waals surface area contributed by atoms with Gasteiger partial charge in [-0.3, -0.25) is 34.2 Å². The maximum Gasteiger partial charge on any atom is 0.254 e. The number of anilines is 2. The average molecular weight is 848 g/mol. The molecule has 8 rings (SSSR count). The molecule has 0 radical (unpaired) electrons. The van der Waals surface area contributed by atoms with E-state index in [2.05, 4.69) is 43.1 Å². The van der Waals surface area contributed by atoms with Crippen LogP contribution in [-0.4, -0.2) is 122 Å². The molecule has 1 N–H and O–H groups in total. The number of piperidine rings is 1. The standard InChI is InChI=1S/C47H54ClN7O6/c1-31(3-14-44(58)50-30-57)51(2)46(60)42-21-37(10-6-35(42)27-56)54-28-47(29-54)23-32(24-47)26-52-15-17-53(18-16-52)36-8-4-33(5-9-36)45(59)55-38-11-12-39(55)20-41(19-38)61-40-13-7-34(25-49)43(48)22-40/h4-10,13,21-22,27,30-32,38-39,41H,3,11-12,14-20,23-24,26,28-29H2,1-2H3,(H,50,57,58). The molecule has 5 aliphatic rings. The van der Waals surface area contributed by atoms with Gasteiger partial charge in [0.1, 0.15) is 17.9 Å². The molecule has 4 amide bonds. The van der Waals surface area contributed by atoms with Crippen molar-refractivity contribution in [2.45, 2.75) is 82.5 Å². The van der Waals surface area contributed by atoms with Crippen LogP contribution in [0.1, 0.15) is 94.9 Å². The molecule has 1 spiro atoms. The minimum Gasteiger partial charge on any atom is -0.490 e. The summed E-state index contributed by atoms with van der Waals surface area (Å²) in [5, 5.41) is 11.7. The summed E-state index contributed by atoms with van der Waals surface area (Å²) < 4.78 is 6.27. The average Bonchev–Trinajstić information content (AvgIpc) is 3.51. The lowest BCUT2D eigenvalue weighted by Crippen LogP contribution is -2.64. The predicted octanol–water partition coefficient (Wildman–Crippen LogP) is 5.79. The topological polar surface area (TPSA) is 147 Å². The Kier molecular flexibility index (Phi) is 12.4. The summed E-state index contributed by atoms with van der Waals surface area (Å²) in [5.74, 6) is 0.759. The number of halogens is 1. The number of carbonyl (C=O) groups excluding carboxylic acids is 5. The monoisotopic (exact) mass is 847 g/mol. The van der Waals surface area contributed by atoms with Crippen molar-refractivity contribution in [1.29, 1.82) is 5.26 Å². The zero-order valence-corrected chi connectivity index (χ0v) is 35.7. The third-order valence-electron chi connectivity index (χ3n) is 13.9. The molecule has 3 aromatic rings. The summed E-state index contributed by atoms with van der Waals surface area (Å²) in [6.07, 6.45) is 7.47. The second-order valence-corrected chi connectivity index (χ2v) is 18.3. The number of nitrogens with one attached hydrogen (secondary N) is 1. The van der Waals surface area contributed by atoms with Crippen LogP contribution in [0.4, 0.5) is 11.4 Å². The maximum absolute atomic E-state index is 13.8. The Morgan fingerprint density at radius 2 is 1.64 bits per heavy atom. The number of aldehydes is 1. The molecule has 4 aliphatic heterocycles. The third kappa shape index (κ3) is 8.98. The first-order valence-electron chi connectivity index (χ1n) is 21.6. The molecule has 320 valence electrons. The van der Waals surface area contributed by atoms with Gasteiger partial charge in [-0.25, -0.2) is 0 Å². The number of imide groups is 1. The molecule has 1 aliphatic carbocycles. The Morgan fingerprint density at radius 3 is 2.28 bits per heavy atom. The van der Waals surface area contributed by atoms with Crippen LogP contribution >= 0.6 is 11.6 Å². The zero-order chi connectivity index (χ0) is 42.8. The van der Waals surface area contributed by atoms with Gasteiger partial charge in [-0.05, 0) is 99.5 Å².